The van der Waals surface area contributed by atoms with Crippen molar-refractivity contribution in [1.82, 2.24) is 4.98 Å². The molecule has 0 amide bonds. The first-order valence-electron chi connectivity index (χ1n) is 4.41. The number of nitrogens with zero attached hydrogens (tertiary/aromatic N) is 2. The first-order valence-corrected chi connectivity index (χ1v) is 4.41. The van der Waals surface area contributed by atoms with Crippen LogP contribution < -0.4 is 9.47 Å². The van der Waals surface area contributed by atoms with Crippen LogP contribution in [0, 0.1) is 11.3 Å². The maximum Gasteiger partial charge on any atom is 0.284 e. The second-order valence-corrected chi connectivity index (χ2v) is 2.86. The number of halogens is 2. The summed E-state index contributed by atoms with van der Waals surface area (Å²) in [5.41, 5.74) is -0.297. The van der Waals surface area contributed by atoms with Gasteiger partial charge in [-0.1, -0.05) is 0 Å². The number of methoxy groups -OCH3 is 2. The normalized spacial score (nSPS) is 10.0. The number of pyridine rings is 1. The molecule has 0 aromatic carbocycles. The monoisotopic (exact) mass is 228 g/mol. The van der Waals surface area contributed by atoms with Crippen molar-refractivity contribution in [1.29, 1.82) is 5.26 Å². The van der Waals surface area contributed by atoms with Gasteiger partial charge in [0.05, 0.1) is 32.4 Å². The minimum absolute atomic E-state index is 0.0476. The van der Waals surface area contributed by atoms with Gasteiger partial charge in [0.2, 0.25) is 0 Å². The molecule has 0 saturated heterocycles. The topological polar surface area (TPSA) is 55.1 Å². The summed E-state index contributed by atoms with van der Waals surface area (Å²) in [7, 11) is 2.64. The van der Waals surface area contributed by atoms with Gasteiger partial charge >= 0.3 is 0 Å². The highest BCUT2D eigenvalue weighted by Gasteiger charge is 2.19. The maximum atomic E-state index is 12.6. The lowest BCUT2D eigenvalue weighted by Gasteiger charge is -2.11. The summed E-state index contributed by atoms with van der Waals surface area (Å²) in [5.74, 6) is 0.219. The van der Waals surface area contributed by atoms with E-state index in [0.717, 1.165) is 0 Å². The van der Waals surface area contributed by atoms with Gasteiger partial charge in [-0.3, -0.25) is 0 Å². The molecule has 4 nitrogen and oxygen atoms in total. The molecule has 0 unspecified atom stereocenters. The van der Waals surface area contributed by atoms with Crippen LogP contribution in [0.2, 0.25) is 0 Å². The predicted octanol–water partition coefficient (Wildman–Crippen LogP) is 2.10. The number of aromatic nitrogens is 1. The third kappa shape index (κ3) is 2.37. The zero-order valence-electron chi connectivity index (χ0n) is 8.83. The highest BCUT2D eigenvalue weighted by Crippen LogP contribution is 2.32. The highest BCUT2D eigenvalue weighted by molar-refractivity contribution is 5.41. The second kappa shape index (κ2) is 5.26. The fraction of sp³-hybridized carbons (Fsp3) is 0.400. The molecule has 0 N–H and O–H groups in total. The lowest BCUT2D eigenvalue weighted by atomic mass is 10.2. The number of hydrogen-bond acceptors (Lipinski definition) is 4. The third-order valence-electron chi connectivity index (χ3n) is 1.95. The molecule has 1 rings (SSSR count). The molecule has 0 aliphatic carbocycles. The average Bonchev–Trinajstić information content (AvgIpc) is 2.28. The Hall–Kier alpha value is -1.90. The van der Waals surface area contributed by atoms with Gasteiger partial charge in [0, 0.05) is 6.07 Å². The van der Waals surface area contributed by atoms with Crippen molar-refractivity contribution in [3.05, 3.63) is 17.5 Å². The molecule has 0 radical (unpaired) electrons. The summed E-state index contributed by atoms with van der Waals surface area (Å²) >= 11 is 0. The molecule has 0 aliphatic heterocycles. The van der Waals surface area contributed by atoms with Crippen LogP contribution in [0.25, 0.3) is 0 Å². The van der Waals surface area contributed by atoms with Gasteiger partial charge in [-0.2, -0.15) is 5.26 Å². The number of alkyl halides is 2. The minimum Gasteiger partial charge on any atom is -0.495 e. The number of ether oxygens (including phenoxy) is 2. The van der Waals surface area contributed by atoms with Crippen molar-refractivity contribution < 1.29 is 18.3 Å². The van der Waals surface area contributed by atoms with E-state index in [4.69, 9.17) is 14.7 Å². The van der Waals surface area contributed by atoms with E-state index in [1.165, 1.54) is 20.3 Å². The lowest BCUT2D eigenvalue weighted by molar-refractivity contribution is 0.141. The zero-order chi connectivity index (χ0) is 12.1. The van der Waals surface area contributed by atoms with Crippen LogP contribution >= 0.6 is 0 Å². The van der Waals surface area contributed by atoms with Gasteiger partial charge in [-0.15, -0.1) is 0 Å². The molecule has 1 aromatic rings. The molecular weight excluding hydrogens is 218 g/mol. The van der Waals surface area contributed by atoms with Crippen molar-refractivity contribution in [2.45, 2.75) is 12.8 Å². The van der Waals surface area contributed by atoms with E-state index in [9.17, 15) is 8.78 Å². The Kier molecular flexibility index (Phi) is 4.00. The summed E-state index contributed by atoms with van der Waals surface area (Å²) in [6, 6.07) is 3.14. The fourth-order valence-electron chi connectivity index (χ4n) is 1.23. The van der Waals surface area contributed by atoms with Gasteiger partial charge in [0.15, 0.2) is 0 Å². The predicted molar refractivity (Wildman–Crippen MR) is 51.6 cm³/mol. The molecule has 0 fully saturated rings. The van der Waals surface area contributed by atoms with Crippen LogP contribution in [0.15, 0.2) is 6.07 Å². The molecule has 0 atom stereocenters. The van der Waals surface area contributed by atoms with Crippen molar-refractivity contribution in [3.63, 3.8) is 0 Å². The molecular formula is C10H10F2N2O2. The smallest absolute Gasteiger partial charge is 0.284 e. The summed E-state index contributed by atoms with van der Waals surface area (Å²) < 4.78 is 34.9. The van der Waals surface area contributed by atoms with Crippen LogP contribution in [-0.4, -0.2) is 19.2 Å². The Labute approximate surface area is 91.4 Å². The Morgan fingerprint density at radius 1 is 1.38 bits per heavy atom. The largest absolute Gasteiger partial charge is 0.495 e. The number of rotatable bonds is 4. The van der Waals surface area contributed by atoms with Crippen molar-refractivity contribution in [2.24, 2.45) is 0 Å². The maximum absolute atomic E-state index is 12.6. The Morgan fingerprint density at radius 3 is 2.44 bits per heavy atom. The van der Waals surface area contributed by atoms with E-state index >= 15 is 0 Å². The van der Waals surface area contributed by atoms with Crippen LogP contribution in [0.3, 0.4) is 0 Å². The van der Waals surface area contributed by atoms with Crippen LogP contribution in [0.4, 0.5) is 8.78 Å². The van der Waals surface area contributed by atoms with E-state index in [1.807, 2.05) is 6.07 Å². The highest BCUT2D eigenvalue weighted by atomic mass is 19.3. The molecule has 0 bridgehead atoms. The summed E-state index contributed by atoms with van der Waals surface area (Å²) in [5, 5.41) is 8.53. The molecule has 6 heteroatoms. The van der Waals surface area contributed by atoms with Crippen molar-refractivity contribution >= 4 is 0 Å². The van der Waals surface area contributed by atoms with Crippen LogP contribution in [0.1, 0.15) is 17.8 Å². The molecule has 16 heavy (non-hydrogen) atoms. The Morgan fingerprint density at radius 2 is 2.00 bits per heavy atom. The van der Waals surface area contributed by atoms with Gasteiger partial charge < -0.3 is 9.47 Å². The fourth-order valence-corrected chi connectivity index (χ4v) is 1.23. The van der Waals surface area contributed by atoms with E-state index in [2.05, 4.69) is 4.98 Å². The lowest BCUT2D eigenvalue weighted by Crippen LogP contribution is -2.03. The SMILES string of the molecule is COc1cc(OC)c(C(F)F)nc1CC#N. The molecule has 0 aliphatic rings. The third-order valence-corrected chi connectivity index (χ3v) is 1.95. The van der Waals surface area contributed by atoms with Gasteiger partial charge in [0.25, 0.3) is 6.43 Å². The first kappa shape index (κ1) is 12.2. The van der Waals surface area contributed by atoms with Gasteiger partial charge in [-0.25, -0.2) is 13.8 Å². The van der Waals surface area contributed by atoms with E-state index < -0.39 is 12.1 Å². The molecule has 1 heterocycles. The van der Waals surface area contributed by atoms with E-state index in [1.54, 1.807) is 0 Å². The molecule has 0 saturated carbocycles. The quantitative estimate of drug-likeness (QED) is 0.791. The van der Waals surface area contributed by atoms with E-state index in [-0.39, 0.29) is 23.6 Å². The molecule has 1 aromatic heterocycles. The van der Waals surface area contributed by atoms with Crippen LogP contribution in [0.5, 0.6) is 11.5 Å². The van der Waals surface area contributed by atoms with E-state index in [0.29, 0.717) is 0 Å². The molecule has 0 spiro atoms. The first-order chi connectivity index (χ1) is 7.63. The number of nitriles is 1. The minimum atomic E-state index is -2.75. The summed E-state index contributed by atoms with van der Waals surface area (Å²) in [6.45, 7) is 0. The van der Waals surface area contributed by atoms with Gasteiger partial charge in [-0.05, 0) is 0 Å². The van der Waals surface area contributed by atoms with Crippen molar-refractivity contribution in [2.75, 3.05) is 14.2 Å². The Balaban J connectivity index is 3.30. The molecule has 86 valence electrons. The average molecular weight is 228 g/mol. The van der Waals surface area contributed by atoms with Crippen LogP contribution in [-0.2, 0) is 6.42 Å². The van der Waals surface area contributed by atoms with Crippen molar-refractivity contribution in [3.8, 4) is 17.6 Å². The standard InChI is InChI=1S/C10H10F2N2O2/c1-15-7-5-8(16-2)9(10(11)12)14-6(7)3-4-13/h5,10H,3H2,1-2H3. The van der Waals surface area contributed by atoms with Gasteiger partial charge in [0.1, 0.15) is 17.2 Å². The zero-order valence-corrected chi connectivity index (χ0v) is 8.83. The second-order valence-electron chi connectivity index (χ2n) is 2.86. The summed E-state index contributed by atoms with van der Waals surface area (Å²) in [4.78, 5) is 3.68. The number of hydrogen-bond donors (Lipinski definition) is 0. The Bertz CT molecular complexity index is 416. The summed E-state index contributed by atoms with van der Waals surface area (Å²) in [6.07, 6.45) is -2.84.